The summed E-state index contributed by atoms with van der Waals surface area (Å²) in [5.41, 5.74) is 2.34. The van der Waals surface area contributed by atoms with E-state index in [0.29, 0.717) is 6.61 Å². The molecule has 82 valence electrons. The van der Waals surface area contributed by atoms with Crippen molar-refractivity contribution in [3.8, 4) is 5.75 Å². The molecular weight excluding hydrogens is 186 g/mol. The number of rotatable bonds is 6. The molecule has 0 spiro atoms. The van der Waals surface area contributed by atoms with Crippen LogP contribution in [-0.2, 0) is 6.54 Å². The van der Waals surface area contributed by atoms with Gasteiger partial charge in [0.15, 0.2) is 0 Å². The topological polar surface area (TPSA) is 21.3 Å². The van der Waals surface area contributed by atoms with Gasteiger partial charge in [0.05, 0.1) is 6.61 Å². The predicted molar refractivity (Wildman–Crippen MR) is 64.1 cm³/mol. The van der Waals surface area contributed by atoms with Crippen LogP contribution in [0.1, 0.15) is 19.4 Å². The lowest BCUT2D eigenvalue weighted by atomic mass is 10.2. The van der Waals surface area contributed by atoms with Gasteiger partial charge in [-0.2, -0.15) is 0 Å². The first-order valence-corrected chi connectivity index (χ1v) is 5.30. The van der Waals surface area contributed by atoms with Crippen LogP contribution in [0.2, 0.25) is 0 Å². The highest BCUT2D eigenvalue weighted by molar-refractivity contribution is 5.33. The van der Waals surface area contributed by atoms with E-state index in [1.165, 1.54) is 5.56 Å². The Bertz CT molecular complexity index is 320. The van der Waals surface area contributed by atoms with E-state index < -0.39 is 0 Å². The Kier molecular flexibility index (Phi) is 4.91. The smallest absolute Gasteiger partial charge is 0.123 e. The SMILES string of the molecule is C=C(C)CNCc1ccccc1OCC. The second-order valence-corrected chi connectivity index (χ2v) is 3.60. The molecule has 0 bridgehead atoms. The fraction of sp³-hybridized carbons (Fsp3) is 0.385. The zero-order valence-electron chi connectivity index (χ0n) is 9.55. The molecule has 2 nitrogen and oxygen atoms in total. The molecule has 0 saturated carbocycles. The number of hydrogen-bond acceptors (Lipinski definition) is 2. The van der Waals surface area contributed by atoms with Crippen LogP contribution in [0, 0.1) is 0 Å². The van der Waals surface area contributed by atoms with Crippen molar-refractivity contribution >= 4 is 0 Å². The molecule has 0 radical (unpaired) electrons. The van der Waals surface area contributed by atoms with Gasteiger partial charge in [-0.05, 0) is 19.9 Å². The summed E-state index contributed by atoms with van der Waals surface area (Å²) in [6, 6.07) is 8.10. The minimum Gasteiger partial charge on any atom is -0.494 e. The number of hydrogen-bond donors (Lipinski definition) is 1. The van der Waals surface area contributed by atoms with Gasteiger partial charge in [0.1, 0.15) is 5.75 Å². The first-order chi connectivity index (χ1) is 7.24. The molecular formula is C13H19NO. The van der Waals surface area contributed by atoms with Crippen LogP contribution in [0.25, 0.3) is 0 Å². The van der Waals surface area contributed by atoms with Crippen molar-refractivity contribution in [1.29, 1.82) is 0 Å². The first kappa shape index (κ1) is 11.8. The molecule has 0 unspecified atom stereocenters. The largest absolute Gasteiger partial charge is 0.494 e. The summed E-state index contributed by atoms with van der Waals surface area (Å²) >= 11 is 0. The van der Waals surface area contributed by atoms with E-state index in [0.717, 1.165) is 24.4 Å². The van der Waals surface area contributed by atoms with E-state index in [9.17, 15) is 0 Å². The molecule has 0 fully saturated rings. The van der Waals surface area contributed by atoms with Gasteiger partial charge in [-0.1, -0.05) is 30.4 Å². The summed E-state index contributed by atoms with van der Waals surface area (Å²) in [5, 5.41) is 3.32. The zero-order chi connectivity index (χ0) is 11.1. The molecule has 15 heavy (non-hydrogen) atoms. The molecule has 1 N–H and O–H groups in total. The zero-order valence-corrected chi connectivity index (χ0v) is 9.55. The molecule has 0 atom stereocenters. The third-order valence-electron chi connectivity index (χ3n) is 2.01. The molecule has 0 aromatic heterocycles. The average molecular weight is 205 g/mol. The van der Waals surface area contributed by atoms with E-state index in [-0.39, 0.29) is 0 Å². The normalized spacial score (nSPS) is 10.0. The standard InChI is InChI=1S/C13H19NO/c1-4-15-13-8-6-5-7-12(13)10-14-9-11(2)3/h5-8,14H,2,4,9-10H2,1,3H3. The number of benzene rings is 1. The Morgan fingerprint density at radius 3 is 2.80 bits per heavy atom. The van der Waals surface area contributed by atoms with Crippen molar-refractivity contribution in [3.05, 3.63) is 42.0 Å². The fourth-order valence-corrected chi connectivity index (χ4v) is 1.36. The maximum Gasteiger partial charge on any atom is 0.123 e. The Morgan fingerprint density at radius 1 is 1.40 bits per heavy atom. The van der Waals surface area contributed by atoms with Crippen LogP contribution in [0.15, 0.2) is 36.4 Å². The summed E-state index contributed by atoms with van der Waals surface area (Å²) in [6.07, 6.45) is 0. The highest BCUT2D eigenvalue weighted by atomic mass is 16.5. The van der Waals surface area contributed by atoms with Gasteiger partial charge in [-0.25, -0.2) is 0 Å². The van der Waals surface area contributed by atoms with Crippen molar-refractivity contribution in [2.45, 2.75) is 20.4 Å². The van der Waals surface area contributed by atoms with Crippen LogP contribution >= 0.6 is 0 Å². The molecule has 0 aliphatic heterocycles. The second-order valence-electron chi connectivity index (χ2n) is 3.60. The monoisotopic (exact) mass is 205 g/mol. The molecule has 0 saturated heterocycles. The van der Waals surface area contributed by atoms with Gasteiger partial charge in [0.25, 0.3) is 0 Å². The van der Waals surface area contributed by atoms with Crippen LogP contribution in [0.5, 0.6) is 5.75 Å². The summed E-state index contributed by atoms with van der Waals surface area (Å²) in [5.74, 6) is 0.967. The van der Waals surface area contributed by atoms with E-state index in [1.54, 1.807) is 0 Å². The minimum atomic E-state index is 0.706. The Hall–Kier alpha value is -1.28. The van der Waals surface area contributed by atoms with Crippen molar-refractivity contribution in [3.63, 3.8) is 0 Å². The minimum absolute atomic E-state index is 0.706. The maximum absolute atomic E-state index is 5.53. The van der Waals surface area contributed by atoms with Crippen LogP contribution in [0.3, 0.4) is 0 Å². The maximum atomic E-state index is 5.53. The Morgan fingerprint density at radius 2 is 2.13 bits per heavy atom. The predicted octanol–water partition coefficient (Wildman–Crippen LogP) is 2.75. The van der Waals surface area contributed by atoms with Gasteiger partial charge >= 0.3 is 0 Å². The van der Waals surface area contributed by atoms with Crippen LogP contribution in [0.4, 0.5) is 0 Å². The highest BCUT2D eigenvalue weighted by Crippen LogP contribution is 2.17. The number of ether oxygens (including phenoxy) is 1. The lowest BCUT2D eigenvalue weighted by Gasteiger charge is -2.10. The quantitative estimate of drug-likeness (QED) is 0.721. The molecule has 2 heteroatoms. The van der Waals surface area contributed by atoms with Crippen LogP contribution in [-0.4, -0.2) is 13.2 Å². The number of para-hydroxylation sites is 1. The molecule has 0 aliphatic rings. The third-order valence-corrected chi connectivity index (χ3v) is 2.01. The average Bonchev–Trinajstić information content (AvgIpc) is 2.20. The Balaban J connectivity index is 2.55. The number of nitrogens with one attached hydrogen (secondary N) is 1. The molecule has 1 aromatic carbocycles. The highest BCUT2D eigenvalue weighted by Gasteiger charge is 2.00. The molecule has 0 amide bonds. The van der Waals surface area contributed by atoms with E-state index >= 15 is 0 Å². The van der Waals surface area contributed by atoms with E-state index in [4.69, 9.17) is 4.74 Å². The molecule has 1 rings (SSSR count). The van der Waals surface area contributed by atoms with Gasteiger partial charge in [-0.3, -0.25) is 0 Å². The molecule has 1 aromatic rings. The van der Waals surface area contributed by atoms with E-state index in [2.05, 4.69) is 18.0 Å². The lowest BCUT2D eigenvalue weighted by Crippen LogP contribution is -2.15. The van der Waals surface area contributed by atoms with Gasteiger partial charge in [-0.15, -0.1) is 0 Å². The molecule has 0 aliphatic carbocycles. The summed E-state index contributed by atoms with van der Waals surface area (Å²) < 4.78 is 5.53. The van der Waals surface area contributed by atoms with Crippen molar-refractivity contribution < 1.29 is 4.74 Å². The van der Waals surface area contributed by atoms with Crippen LogP contribution < -0.4 is 10.1 Å². The van der Waals surface area contributed by atoms with Crippen molar-refractivity contribution in [1.82, 2.24) is 5.32 Å². The van der Waals surface area contributed by atoms with Gasteiger partial charge < -0.3 is 10.1 Å². The fourth-order valence-electron chi connectivity index (χ4n) is 1.36. The third kappa shape index (κ3) is 4.17. The first-order valence-electron chi connectivity index (χ1n) is 5.30. The lowest BCUT2D eigenvalue weighted by molar-refractivity contribution is 0.335. The second kappa shape index (κ2) is 6.25. The van der Waals surface area contributed by atoms with Gasteiger partial charge in [0, 0.05) is 18.7 Å². The van der Waals surface area contributed by atoms with Crippen molar-refractivity contribution in [2.24, 2.45) is 0 Å². The van der Waals surface area contributed by atoms with Crippen molar-refractivity contribution in [2.75, 3.05) is 13.2 Å². The summed E-state index contributed by atoms with van der Waals surface area (Å²) in [7, 11) is 0. The van der Waals surface area contributed by atoms with Gasteiger partial charge in [0.2, 0.25) is 0 Å². The summed E-state index contributed by atoms with van der Waals surface area (Å²) in [6.45, 7) is 10.2. The molecule has 0 heterocycles. The van der Waals surface area contributed by atoms with E-state index in [1.807, 2.05) is 32.0 Å². The Labute approximate surface area is 92.0 Å². The summed E-state index contributed by atoms with van der Waals surface area (Å²) in [4.78, 5) is 0.